The molecule has 1 heterocycles. The van der Waals surface area contributed by atoms with Crippen LogP contribution in [0.1, 0.15) is 19.8 Å². The Morgan fingerprint density at radius 1 is 1.64 bits per heavy atom. The van der Waals surface area contributed by atoms with Crippen molar-refractivity contribution < 1.29 is 10.0 Å². The maximum atomic E-state index is 11.8. The molecule has 0 radical (unpaired) electrons. The lowest BCUT2D eigenvalue weighted by atomic mass is 9.97. The maximum absolute atomic E-state index is 11.8. The maximum Gasteiger partial charge on any atom is 0.226 e. The number of nitrogens with two attached hydrogens (primary N) is 1. The van der Waals surface area contributed by atoms with E-state index in [9.17, 15) is 4.79 Å². The van der Waals surface area contributed by atoms with Gasteiger partial charge >= 0.3 is 0 Å². The largest absolute Gasteiger partial charge is 0.409 e. The molecule has 0 aromatic carbocycles. The van der Waals surface area contributed by atoms with Crippen molar-refractivity contribution in [1.29, 1.82) is 0 Å². The average molecular weight is 197 g/mol. The Morgan fingerprint density at radius 2 is 2.29 bits per heavy atom. The molecule has 1 saturated heterocycles. The third-order valence-electron chi connectivity index (χ3n) is 3.15. The second-order valence-corrected chi connectivity index (χ2v) is 4.14. The van der Waals surface area contributed by atoms with Crippen LogP contribution in [0.4, 0.5) is 0 Å². The van der Waals surface area contributed by atoms with Crippen LogP contribution in [0.25, 0.3) is 0 Å². The number of carbonyl (C=O) groups excluding carboxylic acids is 1. The van der Waals surface area contributed by atoms with Crippen molar-refractivity contribution in [2.75, 3.05) is 6.54 Å². The van der Waals surface area contributed by atoms with Gasteiger partial charge in [-0.15, -0.1) is 0 Å². The van der Waals surface area contributed by atoms with E-state index in [1.807, 2.05) is 11.8 Å². The highest BCUT2D eigenvalue weighted by Crippen LogP contribution is 2.35. The van der Waals surface area contributed by atoms with Crippen LogP contribution < -0.4 is 5.73 Å². The first-order chi connectivity index (χ1) is 6.65. The Balaban J connectivity index is 2.12. The van der Waals surface area contributed by atoms with Gasteiger partial charge in [-0.05, 0) is 12.8 Å². The molecule has 2 unspecified atom stereocenters. The number of nitrogens with zero attached hydrogens (tertiary/aromatic N) is 2. The van der Waals surface area contributed by atoms with Gasteiger partial charge in [-0.25, -0.2) is 0 Å². The Morgan fingerprint density at radius 3 is 2.79 bits per heavy atom. The zero-order valence-electron chi connectivity index (χ0n) is 8.18. The van der Waals surface area contributed by atoms with E-state index < -0.39 is 0 Å². The first kappa shape index (κ1) is 9.30. The highest BCUT2D eigenvalue weighted by atomic mass is 16.4. The number of hydrogen-bond donors (Lipinski definition) is 2. The van der Waals surface area contributed by atoms with E-state index in [0.717, 1.165) is 12.8 Å². The smallest absolute Gasteiger partial charge is 0.226 e. The summed E-state index contributed by atoms with van der Waals surface area (Å²) in [6.45, 7) is 2.45. The number of carbonyl (C=O) groups is 1. The minimum atomic E-state index is -0.147. The Bertz CT molecular complexity index is 286. The molecular weight excluding hydrogens is 182 g/mol. The SMILES string of the molecule is CC1C(=O)N(C2CC2)CC1C(N)=NO. The van der Waals surface area contributed by atoms with Crippen molar-refractivity contribution in [3.63, 3.8) is 0 Å². The predicted octanol–water partition coefficient (Wildman–Crippen LogP) is -0.0103. The molecule has 3 N–H and O–H groups in total. The third-order valence-corrected chi connectivity index (χ3v) is 3.15. The molecule has 0 aromatic heterocycles. The first-order valence-corrected chi connectivity index (χ1v) is 4.93. The van der Waals surface area contributed by atoms with Gasteiger partial charge in [0.15, 0.2) is 0 Å². The second-order valence-electron chi connectivity index (χ2n) is 4.14. The van der Waals surface area contributed by atoms with Gasteiger partial charge in [-0.2, -0.15) is 0 Å². The van der Waals surface area contributed by atoms with Gasteiger partial charge in [0.1, 0.15) is 5.84 Å². The van der Waals surface area contributed by atoms with Gasteiger partial charge < -0.3 is 15.8 Å². The summed E-state index contributed by atoms with van der Waals surface area (Å²) >= 11 is 0. The highest BCUT2D eigenvalue weighted by Gasteiger charge is 2.45. The van der Waals surface area contributed by atoms with Crippen LogP contribution in [-0.2, 0) is 4.79 Å². The molecule has 14 heavy (non-hydrogen) atoms. The quantitative estimate of drug-likeness (QED) is 0.283. The Labute approximate surface area is 82.6 Å². The molecule has 0 spiro atoms. The van der Waals surface area contributed by atoms with Crippen LogP contribution in [0.3, 0.4) is 0 Å². The fourth-order valence-corrected chi connectivity index (χ4v) is 2.03. The molecule has 0 bridgehead atoms. The molecule has 1 aliphatic heterocycles. The molecule has 78 valence electrons. The second kappa shape index (κ2) is 3.15. The van der Waals surface area contributed by atoms with Crippen LogP contribution >= 0.6 is 0 Å². The van der Waals surface area contributed by atoms with Gasteiger partial charge in [0.05, 0.1) is 0 Å². The van der Waals surface area contributed by atoms with Crippen molar-refractivity contribution in [2.24, 2.45) is 22.7 Å². The summed E-state index contributed by atoms with van der Waals surface area (Å²) < 4.78 is 0. The third kappa shape index (κ3) is 1.32. The molecular formula is C9H15N3O2. The van der Waals surface area contributed by atoms with Gasteiger partial charge in [-0.3, -0.25) is 4.79 Å². The molecule has 2 fully saturated rings. The number of oxime groups is 1. The summed E-state index contributed by atoms with van der Waals surface area (Å²) in [4.78, 5) is 13.6. The molecule has 2 rings (SSSR count). The van der Waals surface area contributed by atoms with Crippen LogP contribution in [0.2, 0.25) is 0 Å². The summed E-state index contributed by atoms with van der Waals surface area (Å²) in [5.74, 6) is 0.0534. The van der Waals surface area contributed by atoms with Crippen molar-refractivity contribution in [1.82, 2.24) is 4.90 Å². The monoisotopic (exact) mass is 197 g/mol. The lowest BCUT2D eigenvalue weighted by Gasteiger charge is -2.14. The Hall–Kier alpha value is -1.26. The van der Waals surface area contributed by atoms with Gasteiger partial charge in [-0.1, -0.05) is 12.1 Å². The predicted molar refractivity (Wildman–Crippen MR) is 50.8 cm³/mol. The molecule has 5 nitrogen and oxygen atoms in total. The number of amidine groups is 1. The Kier molecular flexibility index (Phi) is 2.09. The van der Waals surface area contributed by atoms with Crippen molar-refractivity contribution in [3.8, 4) is 0 Å². The standard InChI is InChI=1S/C9H15N3O2/c1-5-7(8(10)11-14)4-12(9(5)13)6-2-3-6/h5-7,14H,2-4H2,1H3,(H2,10,11). The molecule has 5 heteroatoms. The minimum Gasteiger partial charge on any atom is -0.409 e. The van der Waals surface area contributed by atoms with Crippen molar-refractivity contribution in [2.45, 2.75) is 25.8 Å². The molecule has 2 aliphatic rings. The number of amides is 1. The fraction of sp³-hybridized carbons (Fsp3) is 0.778. The lowest BCUT2D eigenvalue weighted by Crippen LogP contribution is -2.30. The average Bonchev–Trinajstić information content (AvgIpc) is 2.97. The van der Waals surface area contributed by atoms with E-state index in [1.165, 1.54) is 0 Å². The number of hydrogen-bond acceptors (Lipinski definition) is 3. The zero-order valence-corrected chi connectivity index (χ0v) is 8.18. The zero-order chi connectivity index (χ0) is 10.3. The van der Waals surface area contributed by atoms with E-state index >= 15 is 0 Å². The summed E-state index contributed by atoms with van der Waals surface area (Å²) in [5.41, 5.74) is 5.53. The molecule has 2 atom stereocenters. The van der Waals surface area contributed by atoms with Crippen molar-refractivity contribution >= 4 is 11.7 Å². The van der Waals surface area contributed by atoms with Gasteiger partial charge in [0.25, 0.3) is 0 Å². The van der Waals surface area contributed by atoms with E-state index in [1.54, 1.807) is 0 Å². The van der Waals surface area contributed by atoms with Crippen LogP contribution in [0, 0.1) is 11.8 Å². The molecule has 1 aliphatic carbocycles. The van der Waals surface area contributed by atoms with Crippen LogP contribution in [0.15, 0.2) is 5.16 Å². The first-order valence-electron chi connectivity index (χ1n) is 4.93. The minimum absolute atomic E-state index is 0.118. The van der Waals surface area contributed by atoms with Crippen LogP contribution in [-0.4, -0.2) is 34.4 Å². The van der Waals surface area contributed by atoms with E-state index in [2.05, 4.69) is 5.16 Å². The summed E-state index contributed by atoms with van der Waals surface area (Å²) in [6, 6.07) is 0.418. The topological polar surface area (TPSA) is 78.9 Å². The number of rotatable bonds is 2. The number of likely N-dealkylation sites (tertiary alicyclic amines) is 1. The van der Waals surface area contributed by atoms with Crippen molar-refractivity contribution in [3.05, 3.63) is 0 Å². The van der Waals surface area contributed by atoms with Gasteiger partial charge in [0, 0.05) is 24.4 Å². The van der Waals surface area contributed by atoms with Gasteiger partial charge in [0.2, 0.25) is 5.91 Å². The molecule has 0 aromatic rings. The normalized spacial score (nSPS) is 33.9. The lowest BCUT2D eigenvalue weighted by molar-refractivity contribution is -0.131. The molecule has 1 saturated carbocycles. The van der Waals surface area contributed by atoms with E-state index in [-0.39, 0.29) is 23.6 Å². The van der Waals surface area contributed by atoms with Crippen LogP contribution in [0.5, 0.6) is 0 Å². The summed E-state index contributed by atoms with van der Waals surface area (Å²) in [6.07, 6.45) is 2.20. The van der Waals surface area contributed by atoms with E-state index in [4.69, 9.17) is 10.9 Å². The van der Waals surface area contributed by atoms with E-state index in [0.29, 0.717) is 12.6 Å². The highest BCUT2D eigenvalue weighted by molar-refractivity contribution is 5.92. The fourth-order valence-electron chi connectivity index (χ4n) is 2.03. The summed E-state index contributed by atoms with van der Waals surface area (Å²) in [7, 11) is 0. The summed E-state index contributed by atoms with van der Waals surface area (Å²) in [5, 5.41) is 11.6. The molecule has 1 amide bonds.